The number of carbonyl (C=O) groups excluding carboxylic acids is 2. The lowest BCUT2D eigenvalue weighted by Crippen LogP contribution is -2.43. The Morgan fingerprint density at radius 2 is 1.79 bits per heavy atom. The smallest absolute Gasteiger partial charge is 0.253 e. The molecule has 1 aliphatic rings. The highest BCUT2D eigenvalue weighted by Gasteiger charge is 2.27. The predicted octanol–water partition coefficient (Wildman–Crippen LogP) is 3.65. The van der Waals surface area contributed by atoms with Gasteiger partial charge in [-0.15, -0.1) is 0 Å². The fourth-order valence-electron chi connectivity index (χ4n) is 3.89. The zero-order chi connectivity index (χ0) is 20.8. The van der Waals surface area contributed by atoms with Gasteiger partial charge < -0.3 is 10.2 Å². The molecule has 1 saturated heterocycles. The minimum Gasteiger partial charge on any atom is -0.356 e. The standard InChI is InChI=1S/C23H32N4O2/c1-4-5-6-13-24-22(28)19-11-14-26(15-12-19)23(29)20-7-9-21(10-8-20)27-18(3)16-17(2)25-27/h7-10,16,19H,4-6,11-15H2,1-3H3,(H,24,28). The number of carbonyl (C=O) groups is 2. The molecule has 1 aromatic carbocycles. The Morgan fingerprint density at radius 1 is 1.10 bits per heavy atom. The van der Waals surface area contributed by atoms with Crippen LogP contribution in [0.3, 0.4) is 0 Å². The Labute approximate surface area is 173 Å². The van der Waals surface area contributed by atoms with E-state index in [1.165, 1.54) is 0 Å². The average molecular weight is 397 g/mol. The summed E-state index contributed by atoms with van der Waals surface area (Å²) in [5.74, 6) is 0.197. The summed E-state index contributed by atoms with van der Waals surface area (Å²) in [4.78, 5) is 27.0. The monoisotopic (exact) mass is 396 g/mol. The van der Waals surface area contributed by atoms with Crippen molar-refractivity contribution in [1.29, 1.82) is 0 Å². The molecule has 1 N–H and O–H groups in total. The van der Waals surface area contributed by atoms with Gasteiger partial charge in [0.25, 0.3) is 5.91 Å². The molecule has 0 atom stereocenters. The highest BCUT2D eigenvalue weighted by Crippen LogP contribution is 2.20. The quantitative estimate of drug-likeness (QED) is 0.727. The normalized spacial score (nSPS) is 14.8. The van der Waals surface area contributed by atoms with Gasteiger partial charge in [0, 0.05) is 36.8 Å². The number of unbranched alkanes of at least 4 members (excludes halogenated alkanes) is 2. The Bertz CT molecular complexity index is 833. The number of rotatable bonds is 7. The predicted molar refractivity (Wildman–Crippen MR) is 114 cm³/mol. The Morgan fingerprint density at radius 3 is 2.38 bits per heavy atom. The second-order valence-corrected chi connectivity index (χ2v) is 7.95. The van der Waals surface area contributed by atoms with Crippen molar-refractivity contribution in [3.05, 3.63) is 47.3 Å². The zero-order valence-corrected chi connectivity index (χ0v) is 17.8. The lowest BCUT2D eigenvalue weighted by Gasteiger charge is -2.31. The molecule has 0 aliphatic carbocycles. The Hall–Kier alpha value is -2.63. The number of likely N-dealkylation sites (tertiary alicyclic amines) is 1. The second-order valence-electron chi connectivity index (χ2n) is 7.95. The van der Waals surface area contributed by atoms with E-state index < -0.39 is 0 Å². The third-order valence-electron chi connectivity index (χ3n) is 5.60. The maximum Gasteiger partial charge on any atom is 0.253 e. The molecule has 0 spiro atoms. The molecule has 6 heteroatoms. The second kappa shape index (κ2) is 9.72. The number of aryl methyl sites for hydroxylation is 2. The van der Waals surface area contributed by atoms with Gasteiger partial charge in [0.2, 0.25) is 5.91 Å². The number of nitrogens with zero attached hydrogens (tertiary/aromatic N) is 3. The lowest BCUT2D eigenvalue weighted by molar-refractivity contribution is -0.126. The molecule has 0 radical (unpaired) electrons. The van der Waals surface area contributed by atoms with Crippen molar-refractivity contribution >= 4 is 11.8 Å². The van der Waals surface area contributed by atoms with Gasteiger partial charge in [-0.1, -0.05) is 19.8 Å². The van der Waals surface area contributed by atoms with Crippen LogP contribution in [0, 0.1) is 19.8 Å². The molecule has 2 aromatic rings. The van der Waals surface area contributed by atoms with Crippen LogP contribution in [0.4, 0.5) is 0 Å². The summed E-state index contributed by atoms with van der Waals surface area (Å²) in [6.45, 7) is 8.16. The Kier molecular flexibility index (Phi) is 7.07. The number of aromatic nitrogens is 2. The van der Waals surface area contributed by atoms with Gasteiger partial charge >= 0.3 is 0 Å². The van der Waals surface area contributed by atoms with Crippen molar-refractivity contribution in [2.24, 2.45) is 5.92 Å². The van der Waals surface area contributed by atoms with E-state index in [9.17, 15) is 9.59 Å². The summed E-state index contributed by atoms with van der Waals surface area (Å²) in [5.41, 5.74) is 3.67. The van der Waals surface area contributed by atoms with Crippen molar-refractivity contribution in [2.45, 2.75) is 52.9 Å². The van der Waals surface area contributed by atoms with Crippen LogP contribution in [0.5, 0.6) is 0 Å². The first kappa shape index (κ1) is 21.1. The number of hydrogen-bond donors (Lipinski definition) is 1. The summed E-state index contributed by atoms with van der Waals surface area (Å²) < 4.78 is 1.88. The zero-order valence-electron chi connectivity index (χ0n) is 17.8. The van der Waals surface area contributed by atoms with Crippen LogP contribution in [0.15, 0.2) is 30.3 Å². The van der Waals surface area contributed by atoms with Crippen LogP contribution in [0.2, 0.25) is 0 Å². The van der Waals surface area contributed by atoms with Crippen LogP contribution >= 0.6 is 0 Å². The van der Waals surface area contributed by atoms with Gasteiger partial charge in [-0.2, -0.15) is 5.10 Å². The van der Waals surface area contributed by atoms with E-state index in [2.05, 4.69) is 17.3 Å². The van der Waals surface area contributed by atoms with E-state index in [1.807, 2.05) is 53.8 Å². The number of amides is 2. The minimum absolute atomic E-state index is 0.0223. The van der Waals surface area contributed by atoms with Gasteiger partial charge in [0.05, 0.1) is 11.4 Å². The van der Waals surface area contributed by atoms with Crippen molar-refractivity contribution in [2.75, 3.05) is 19.6 Å². The highest BCUT2D eigenvalue weighted by atomic mass is 16.2. The molecular formula is C23H32N4O2. The molecule has 156 valence electrons. The van der Waals surface area contributed by atoms with Crippen LogP contribution in [-0.4, -0.2) is 46.1 Å². The van der Waals surface area contributed by atoms with Gasteiger partial charge in [0.15, 0.2) is 0 Å². The summed E-state index contributed by atoms with van der Waals surface area (Å²) in [7, 11) is 0. The third-order valence-corrected chi connectivity index (χ3v) is 5.60. The lowest BCUT2D eigenvalue weighted by atomic mass is 9.95. The van der Waals surface area contributed by atoms with E-state index in [-0.39, 0.29) is 17.7 Å². The van der Waals surface area contributed by atoms with Crippen LogP contribution in [0.1, 0.15) is 60.8 Å². The van der Waals surface area contributed by atoms with Crippen molar-refractivity contribution in [3.63, 3.8) is 0 Å². The summed E-state index contributed by atoms with van der Waals surface area (Å²) in [6.07, 6.45) is 4.79. The molecule has 6 nitrogen and oxygen atoms in total. The first-order valence-corrected chi connectivity index (χ1v) is 10.7. The van der Waals surface area contributed by atoms with E-state index in [0.717, 1.165) is 55.7 Å². The van der Waals surface area contributed by atoms with Crippen molar-refractivity contribution < 1.29 is 9.59 Å². The SMILES string of the molecule is CCCCCNC(=O)C1CCN(C(=O)c2ccc(-n3nc(C)cc3C)cc2)CC1. The van der Waals surface area contributed by atoms with Crippen LogP contribution in [-0.2, 0) is 4.79 Å². The summed E-state index contributed by atoms with van der Waals surface area (Å²) in [5, 5.41) is 7.52. The average Bonchev–Trinajstić information content (AvgIpc) is 3.08. The molecule has 0 bridgehead atoms. The number of benzene rings is 1. The fraction of sp³-hybridized carbons (Fsp3) is 0.522. The van der Waals surface area contributed by atoms with Gasteiger partial charge in [-0.3, -0.25) is 9.59 Å². The fourth-order valence-corrected chi connectivity index (χ4v) is 3.89. The Balaban J connectivity index is 1.53. The maximum atomic E-state index is 12.8. The van der Waals surface area contributed by atoms with E-state index >= 15 is 0 Å². The molecule has 3 rings (SSSR count). The molecular weight excluding hydrogens is 364 g/mol. The minimum atomic E-state index is 0.0223. The number of hydrogen-bond acceptors (Lipinski definition) is 3. The van der Waals surface area contributed by atoms with Crippen molar-refractivity contribution in [3.8, 4) is 5.69 Å². The van der Waals surface area contributed by atoms with E-state index in [4.69, 9.17) is 0 Å². The third kappa shape index (κ3) is 5.25. The topological polar surface area (TPSA) is 67.2 Å². The first-order valence-electron chi connectivity index (χ1n) is 10.7. The molecule has 1 aromatic heterocycles. The highest BCUT2D eigenvalue weighted by molar-refractivity contribution is 5.94. The molecule has 2 heterocycles. The van der Waals surface area contributed by atoms with Gasteiger partial charge in [-0.25, -0.2) is 4.68 Å². The van der Waals surface area contributed by atoms with Crippen molar-refractivity contribution in [1.82, 2.24) is 20.0 Å². The summed E-state index contributed by atoms with van der Waals surface area (Å²) >= 11 is 0. The molecule has 0 unspecified atom stereocenters. The van der Waals surface area contributed by atoms with Gasteiger partial charge in [-0.05, 0) is 63.4 Å². The molecule has 29 heavy (non-hydrogen) atoms. The first-order chi connectivity index (χ1) is 14.0. The largest absolute Gasteiger partial charge is 0.356 e. The van der Waals surface area contributed by atoms with Crippen LogP contribution < -0.4 is 5.32 Å². The van der Waals surface area contributed by atoms with Crippen LogP contribution in [0.25, 0.3) is 5.69 Å². The van der Waals surface area contributed by atoms with Gasteiger partial charge in [0.1, 0.15) is 0 Å². The molecule has 1 aliphatic heterocycles. The maximum absolute atomic E-state index is 12.8. The molecule has 2 amide bonds. The van der Waals surface area contributed by atoms with E-state index in [1.54, 1.807) is 0 Å². The van der Waals surface area contributed by atoms with E-state index in [0.29, 0.717) is 18.7 Å². The summed E-state index contributed by atoms with van der Waals surface area (Å²) in [6, 6.07) is 9.62. The number of piperidine rings is 1. The molecule has 0 saturated carbocycles. The molecule has 1 fully saturated rings. The number of nitrogens with one attached hydrogen (secondary N) is 1.